The van der Waals surface area contributed by atoms with Gasteiger partial charge in [0.15, 0.2) is 0 Å². The van der Waals surface area contributed by atoms with Gasteiger partial charge in [-0.05, 0) is 32.0 Å². The first kappa shape index (κ1) is 13.4. The van der Waals surface area contributed by atoms with Crippen molar-refractivity contribution in [1.29, 1.82) is 0 Å². The summed E-state index contributed by atoms with van der Waals surface area (Å²) in [6.45, 7) is 1.61. The Morgan fingerprint density at radius 2 is 1.74 bits per heavy atom. The van der Waals surface area contributed by atoms with E-state index in [2.05, 4.69) is 4.90 Å². The van der Waals surface area contributed by atoms with Gasteiger partial charge in [-0.3, -0.25) is 0 Å². The van der Waals surface area contributed by atoms with Crippen LogP contribution in [0.5, 0.6) is 0 Å². The second kappa shape index (κ2) is 4.74. The van der Waals surface area contributed by atoms with E-state index in [4.69, 9.17) is 11.6 Å². The molecule has 2 fully saturated rings. The number of nitrogens with zero attached hydrogens (tertiary/aromatic N) is 2. The van der Waals surface area contributed by atoms with Crippen molar-refractivity contribution in [3.8, 4) is 0 Å². The number of piperazine rings is 1. The van der Waals surface area contributed by atoms with Gasteiger partial charge in [-0.15, -0.1) is 0 Å². The lowest BCUT2D eigenvalue weighted by molar-refractivity contribution is 0.154. The van der Waals surface area contributed by atoms with Gasteiger partial charge in [0.25, 0.3) is 0 Å². The van der Waals surface area contributed by atoms with Crippen LogP contribution in [-0.2, 0) is 10.0 Å². The number of likely N-dealkylation sites (tertiary alicyclic amines) is 1. The standard InChI is InChI=1S/C13H17ClN2O2S/c1-15-8-10-6-7-11(9-15)16(10)19(17,18)13-5-3-2-4-12(13)14/h2-5,10-11H,6-9H2,1H3. The SMILES string of the molecule is CN1CC2CCC(C1)N2S(=O)(=O)c1ccccc1Cl. The van der Waals surface area contributed by atoms with E-state index in [0.717, 1.165) is 25.9 Å². The van der Waals surface area contributed by atoms with Crippen LogP contribution in [0, 0.1) is 0 Å². The summed E-state index contributed by atoms with van der Waals surface area (Å²) in [5, 5.41) is 0.306. The zero-order chi connectivity index (χ0) is 13.6. The molecule has 2 heterocycles. The fraction of sp³-hybridized carbons (Fsp3) is 0.538. The summed E-state index contributed by atoms with van der Waals surface area (Å²) >= 11 is 6.06. The summed E-state index contributed by atoms with van der Waals surface area (Å²) in [6.07, 6.45) is 1.89. The Hall–Kier alpha value is -0.620. The summed E-state index contributed by atoms with van der Waals surface area (Å²) in [4.78, 5) is 2.44. The molecule has 0 N–H and O–H groups in total. The highest BCUT2D eigenvalue weighted by molar-refractivity contribution is 7.89. The molecule has 104 valence electrons. The average Bonchev–Trinajstić information content (AvgIpc) is 2.63. The molecule has 0 saturated carbocycles. The minimum Gasteiger partial charge on any atom is -0.303 e. The van der Waals surface area contributed by atoms with Crippen LogP contribution in [0.15, 0.2) is 29.2 Å². The van der Waals surface area contributed by atoms with Crippen LogP contribution in [0.4, 0.5) is 0 Å². The Morgan fingerprint density at radius 1 is 1.16 bits per heavy atom. The van der Waals surface area contributed by atoms with Crippen molar-refractivity contribution in [3.63, 3.8) is 0 Å². The Balaban J connectivity index is 2.01. The van der Waals surface area contributed by atoms with Crippen LogP contribution < -0.4 is 0 Å². The summed E-state index contributed by atoms with van der Waals surface area (Å²) in [5.41, 5.74) is 0. The molecule has 2 bridgehead atoms. The molecule has 2 saturated heterocycles. The number of halogens is 1. The molecular weight excluding hydrogens is 284 g/mol. The topological polar surface area (TPSA) is 40.6 Å². The lowest BCUT2D eigenvalue weighted by Crippen LogP contribution is -2.54. The van der Waals surface area contributed by atoms with Crippen LogP contribution in [0.2, 0.25) is 5.02 Å². The van der Waals surface area contributed by atoms with Gasteiger partial charge in [0, 0.05) is 25.2 Å². The largest absolute Gasteiger partial charge is 0.303 e. The van der Waals surface area contributed by atoms with Gasteiger partial charge in [0.1, 0.15) is 4.90 Å². The van der Waals surface area contributed by atoms with Crippen molar-refractivity contribution >= 4 is 21.6 Å². The van der Waals surface area contributed by atoms with Gasteiger partial charge in [0.2, 0.25) is 10.0 Å². The number of sulfonamides is 1. The minimum atomic E-state index is -3.48. The van der Waals surface area contributed by atoms with Crippen molar-refractivity contribution in [2.45, 2.75) is 29.8 Å². The van der Waals surface area contributed by atoms with Crippen molar-refractivity contribution < 1.29 is 8.42 Å². The maximum Gasteiger partial charge on any atom is 0.245 e. The summed E-state index contributed by atoms with van der Waals surface area (Å²) in [5.74, 6) is 0. The van der Waals surface area contributed by atoms with Gasteiger partial charge < -0.3 is 4.90 Å². The van der Waals surface area contributed by atoms with Gasteiger partial charge >= 0.3 is 0 Å². The second-order valence-corrected chi connectivity index (χ2v) is 7.59. The normalized spacial score (nSPS) is 28.7. The molecule has 3 rings (SSSR count). The molecule has 2 unspecified atom stereocenters. The molecule has 1 aromatic rings. The maximum atomic E-state index is 12.8. The quantitative estimate of drug-likeness (QED) is 0.836. The molecule has 0 amide bonds. The van der Waals surface area contributed by atoms with E-state index in [9.17, 15) is 8.42 Å². The number of hydrogen-bond donors (Lipinski definition) is 0. The maximum absolute atomic E-state index is 12.8. The molecule has 6 heteroatoms. The van der Waals surface area contributed by atoms with Crippen LogP contribution in [0.1, 0.15) is 12.8 Å². The van der Waals surface area contributed by atoms with E-state index in [1.807, 2.05) is 7.05 Å². The van der Waals surface area contributed by atoms with E-state index in [1.54, 1.807) is 28.6 Å². The van der Waals surface area contributed by atoms with Crippen molar-refractivity contribution in [3.05, 3.63) is 29.3 Å². The second-order valence-electron chi connectivity index (χ2n) is 5.37. The molecule has 2 atom stereocenters. The highest BCUT2D eigenvalue weighted by Crippen LogP contribution is 2.36. The molecule has 1 aromatic carbocycles. The Kier molecular flexibility index (Phi) is 3.33. The van der Waals surface area contributed by atoms with Crippen LogP contribution in [0.25, 0.3) is 0 Å². The number of hydrogen-bond acceptors (Lipinski definition) is 3. The highest BCUT2D eigenvalue weighted by Gasteiger charge is 2.46. The molecule has 2 aliphatic heterocycles. The summed E-state index contributed by atoms with van der Waals surface area (Å²) in [7, 11) is -1.43. The number of likely N-dealkylation sites (N-methyl/N-ethyl adjacent to an activating group) is 1. The number of rotatable bonds is 2. The summed E-state index contributed by atoms with van der Waals surface area (Å²) in [6, 6.07) is 6.87. The third kappa shape index (κ3) is 2.18. The van der Waals surface area contributed by atoms with Crippen molar-refractivity contribution in [2.75, 3.05) is 20.1 Å². The Morgan fingerprint density at radius 3 is 2.32 bits per heavy atom. The highest BCUT2D eigenvalue weighted by atomic mass is 35.5. The van der Waals surface area contributed by atoms with Gasteiger partial charge in [-0.1, -0.05) is 23.7 Å². The van der Waals surface area contributed by atoms with Crippen LogP contribution in [0.3, 0.4) is 0 Å². The Labute approximate surface area is 119 Å². The van der Waals surface area contributed by atoms with Crippen molar-refractivity contribution in [1.82, 2.24) is 9.21 Å². The lowest BCUT2D eigenvalue weighted by Gasteiger charge is -2.38. The first-order chi connectivity index (χ1) is 9.00. The minimum absolute atomic E-state index is 0.0880. The molecule has 0 aliphatic carbocycles. The first-order valence-corrected chi connectivity index (χ1v) is 8.28. The number of fused-ring (bicyclic) bond motifs is 2. The summed E-state index contributed by atoms with van der Waals surface area (Å²) < 4.78 is 27.3. The van der Waals surface area contributed by atoms with Crippen LogP contribution >= 0.6 is 11.6 Å². The lowest BCUT2D eigenvalue weighted by atomic mass is 10.2. The van der Waals surface area contributed by atoms with Gasteiger partial charge in [-0.2, -0.15) is 4.31 Å². The fourth-order valence-corrected chi connectivity index (χ4v) is 5.58. The molecule has 0 spiro atoms. The smallest absolute Gasteiger partial charge is 0.245 e. The van der Waals surface area contributed by atoms with Gasteiger partial charge in [0.05, 0.1) is 5.02 Å². The molecular formula is C13H17ClN2O2S. The zero-order valence-corrected chi connectivity index (χ0v) is 12.4. The van der Waals surface area contributed by atoms with E-state index in [-0.39, 0.29) is 17.0 Å². The first-order valence-electron chi connectivity index (χ1n) is 6.47. The van der Waals surface area contributed by atoms with Crippen LogP contribution in [-0.4, -0.2) is 49.8 Å². The molecule has 2 aliphatic rings. The third-order valence-electron chi connectivity index (χ3n) is 3.99. The molecule has 19 heavy (non-hydrogen) atoms. The molecule has 0 radical (unpaired) electrons. The van der Waals surface area contributed by atoms with E-state index in [0.29, 0.717) is 5.02 Å². The average molecular weight is 301 g/mol. The monoisotopic (exact) mass is 300 g/mol. The van der Waals surface area contributed by atoms with E-state index in [1.165, 1.54) is 0 Å². The van der Waals surface area contributed by atoms with E-state index < -0.39 is 10.0 Å². The zero-order valence-electron chi connectivity index (χ0n) is 10.8. The molecule has 0 aromatic heterocycles. The predicted molar refractivity (Wildman–Crippen MR) is 74.8 cm³/mol. The van der Waals surface area contributed by atoms with Gasteiger partial charge in [-0.25, -0.2) is 8.42 Å². The number of benzene rings is 1. The Bertz CT molecular complexity index is 576. The predicted octanol–water partition coefficient (Wildman–Crippen LogP) is 1.81. The third-order valence-corrected chi connectivity index (χ3v) is 6.49. The van der Waals surface area contributed by atoms with Crippen molar-refractivity contribution in [2.24, 2.45) is 0 Å². The fourth-order valence-electron chi connectivity index (χ4n) is 3.23. The van der Waals surface area contributed by atoms with E-state index >= 15 is 0 Å². The molecule has 4 nitrogen and oxygen atoms in total.